The van der Waals surface area contributed by atoms with Crippen LogP contribution < -0.4 is 5.69 Å². The van der Waals surface area contributed by atoms with Crippen molar-refractivity contribution in [3.63, 3.8) is 0 Å². The SMILES string of the molecule is CCOC(=O)c1ccc(Cn2c(=O)[nH]c3ccccc32)cc1. The second kappa shape index (κ2) is 5.89. The van der Waals surface area contributed by atoms with Gasteiger partial charge in [-0.3, -0.25) is 4.57 Å². The van der Waals surface area contributed by atoms with Crippen LogP contribution in [-0.4, -0.2) is 22.1 Å². The van der Waals surface area contributed by atoms with Crippen molar-refractivity contribution in [1.29, 1.82) is 0 Å². The minimum absolute atomic E-state index is 0.143. The van der Waals surface area contributed by atoms with Gasteiger partial charge in [0.1, 0.15) is 0 Å². The molecule has 5 heteroatoms. The van der Waals surface area contributed by atoms with Gasteiger partial charge in [-0.05, 0) is 36.8 Å². The number of hydrogen-bond acceptors (Lipinski definition) is 3. The minimum Gasteiger partial charge on any atom is -0.462 e. The molecule has 3 aromatic rings. The predicted molar refractivity (Wildman–Crippen MR) is 84.1 cm³/mol. The van der Waals surface area contributed by atoms with Crippen molar-refractivity contribution in [2.24, 2.45) is 0 Å². The lowest BCUT2D eigenvalue weighted by Crippen LogP contribution is -2.17. The molecule has 1 heterocycles. The number of fused-ring (bicyclic) bond motifs is 1. The summed E-state index contributed by atoms with van der Waals surface area (Å²) in [7, 11) is 0. The van der Waals surface area contributed by atoms with E-state index in [1.807, 2.05) is 36.4 Å². The Labute approximate surface area is 127 Å². The van der Waals surface area contributed by atoms with E-state index in [9.17, 15) is 9.59 Å². The van der Waals surface area contributed by atoms with Gasteiger partial charge in [0.05, 0.1) is 29.7 Å². The molecule has 0 aliphatic rings. The van der Waals surface area contributed by atoms with Crippen LogP contribution in [0.4, 0.5) is 0 Å². The summed E-state index contributed by atoms with van der Waals surface area (Å²) >= 11 is 0. The number of esters is 1. The van der Waals surface area contributed by atoms with Crippen molar-refractivity contribution >= 4 is 17.0 Å². The fraction of sp³-hybridized carbons (Fsp3) is 0.176. The quantitative estimate of drug-likeness (QED) is 0.753. The Bertz CT molecular complexity index is 859. The van der Waals surface area contributed by atoms with Crippen molar-refractivity contribution in [3.8, 4) is 0 Å². The lowest BCUT2D eigenvalue weighted by Gasteiger charge is -2.05. The number of aromatic amines is 1. The molecule has 0 radical (unpaired) electrons. The molecule has 0 unspecified atom stereocenters. The third-order valence-corrected chi connectivity index (χ3v) is 3.49. The summed E-state index contributed by atoms with van der Waals surface area (Å²) in [5.41, 5.74) is 2.99. The number of nitrogens with one attached hydrogen (secondary N) is 1. The Hall–Kier alpha value is -2.82. The fourth-order valence-electron chi connectivity index (χ4n) is 2.41. The van der Waals surface area contributed by atoms with Crippen molar-refractivity contribution in [2.75, 3.05) is 6.61 Å². The molecule has 0 amide bonds. The average molecular weight is 296 g/mol. The van der Waals surface area contributed by atoms with Crippen LogP contribution in [0.15, 0.2) is 53.3 Å². The van der Waals surface area contributed by atoms with E-state index in [-0.39, 0.29) is 11.7 Å². The molecule has 1 N–H and O–H groups in total. The summed E-state index contributed by atoms with van der Waals surface area (Å²) in [5, 5.41) is 0. The predicted octanol–water partition coefficient (Wildman–Crippen LogP) is 2.55. The summed E-state index contributed by atoms with van der Waals surface area (Å²) in [4.78, 5) is 26.5. The molecule has 2 aromatic carbocycles. The van der Waals surface area contributed by atoms with Gasteiger partial charge < -0.3 is 9.72 Å². The summed E-state index contributed by atoms with van der Waals surface area (Å²) in [6, 6.07) is 14.7. The van der Waals surface area contributed by atoms with Crippen molar-refractivity contribution in [2.45, 2.75) is 13.5 Å². The number of para-hydroxylation sites is 2. The molecule has 22 heavy (non-hydrogen) atoms. The minimum atomic E-state index is -0.335. The Morgan fingerprint density at radius 1 is 1.14 bits per heavy atom. The molecule has 0 saturated heterocycles. The zero-order valence-corrected chi connectivity index (χ0v) is 12.2. The normalized spacial score (nSPS) is 10.8. The van der Waals surface area contributed by atoms with E-state index in [0.29, 0.717) is 18.7 Å². The Morgan fingerprint density at radius 3 is 2.59 bits per heavy atom. The monoisotopic (exact) mass is 296 g/mol. The van der Waals surface area contributed by atoms with Crippen molar-refractivity contribution in [3.05, 3.63) is 70.1 Å². The molecule has 0 fully saturated rings. The number of H-pyrrole nitrogens is 1. The number of hydrogen-bond donors (Lipinski definition) is 1. The summed E-state index contributed by atoms with van der Waals surface area (Å²) in [5.74, 6) is -0.335. The smallest absolute Gasteiger partial charge is 0.338 e. The number of rotatable bonds is 4. The summed E-state index contributed by atoms with van der Waals surface area (Å²) in [6.07, 6.45) is 0. The number of nitrogens with zero attached hydrogens (tertiary/aromatic N) is 1. The van der Waals surface area contributed by atoms with Crippen LogP contribution >= 0.6 is 0 Å². The average Bonchev–Trinajstić information content (AvgIpc) is 2.84. The second-order valence-corrected chi connectivity index (χ2v) is 4.95. The second-order valence-electron chi connectivity index (χ2n) is 4.95. The Kier molecular flexibility index (Phi) is 3.78. The van der Waals surface area contributed by atoms with Gasteiger partial charge in [-0.2, -0.15) is 0 Å². The number of carbonyl (C=O) groups is 1. The van der Waals surface area contributed by atoms with Crippen LogP contribution in [-0.2, 0) is 11.3 Å². The molecule has 0 aliphatic carbocycles. The first-order valence-electron chi connectivity index (χ1n) is 7.12. The topological polar surface area (TPSA) is 64.1 Å². The van der Waals surface area contributed by atoms with E-state index in [0.717, 1.165) is 16.6 Å². The first kappa shape index (κ1) is 14.1. The van der Waals surface area contributed by atoms with E-state index in [1.165, 1.54) is 0 Å². The molecule has 0 aliphatic heterocycles. The largest absolute Gasteiger partial charge is 0.462 e. The Morgan fingerprint density at radius 2 is 1.86 bits per heavy atom. The summed E-state index contributed by atoms with van der Waals surface area (Å²) in [6.45, 7) is 2.58. The maximum Gasteiger partial charge on any atom is 0.338 e. The van der Waals surface area contributed by atoms with E-state index < -0.39 is 0 Å². The van der Waals surface area contributed by atoms with E-state index in [4.69, 9.17) is 4.74 Å². The number of ether oxygens (including phenoxy) is 1. The van der Waals surface area contributed by atoms with Gasteiger partial charge in [0.2, 0.25) is 0 Å². The van der Waals surface area contributed by atoms with Gasteiger partial charge in [0.25, 0.3) is 0 Å². The zero-order valence-electron chi connectivity index (χ0n) is 12.2. The number of benzene rings is 2. The molecule has 3 rings (SSSR count). The van der Waals surface area contributed by atoms with Crippen LogP contribution in [0.25, 0.3) is 11.0 Å². The number of imidazole rings is 1. The van der Waals surface area contributed by atoms with Gasteiger partial charge in [0.15, 0.2) is 0 Å². The van der Waals surface area contributed by atoms with Crippen molar-refractivity contribution in [1.82, 2.24) is 9.55 Å². The molecule has 0 spiro atoms. The summed E-state index contributed by atoms with van der Waals surface area (Å²) < 4.78 is 6.63. The molecule has 0 bridgehead atoms. The highest BCUT2D eigenvalue weighted by atomic mass is 16.5. The first-order valence-corrected chi connectivity index (χ1v) is 7.12. The van der Waals surface area contributed by atoms with Crippen LogP contribution in [0.1, 0.15) is 22.8 Å². The molecule has 0 atom stereocenters. The Balaban J connectivity index is 1.88. The first-order chi connectivity index (χ1) is 10.7. The van der Waals surface area contributed by atoms with Gasteiger partial charge in [-0.1, -0.05) is 24.3 Å². The maximum atomic E-state index is 12.0. The number of carbonyl (C=O) groups excluding carboxylic acids is 1. The highest BCUT2D eigenvalue weighted by molar-refractivity contribution is 5.89. The van der Waals surface area contributed by atoms with Gasteiger partial charge in [-0.15, -0.1) is 0 Å². The van der Waals surface area contributed by atoms with Gasteiger partial charge >= 0.3 is 11.7 Å². The van der Waals surface area contributed by atoms with Crippen LogP contribution in [0.2, 0.25) is 0 Å². The van der Waals surface area contributed by atoms with Gasteiger partial charge in [0, 0.05) is 0 Å². The van der Waals surface area contributed by atoms with E-state index in [1.54, 1.807) is 23.6 Å². The third kappa shape index (κ3) is 2.65. The molecule has 0 saturated carbocycles. The van der Waals surface area contributed by atoms with Gasteiger partial charge in [-0.25, -0.2) is 9.59 Å². The third-order valence-electron chi connectivity index (χ3n) is 3.49. The lowest BCUT2D eigenvalue weighted by atomic mass is 10.1. The van der Waals surface area contributed by atoms with E-state index >= 15 is 0 Å². The standard InChI is InChI=1S/C17H16N2O3/c1-2-22-16(20)13-9-7-12(8-10-13)11-19-15-6-4-3-5-14(15)18-17(19)21/h3-10H,2,11H2,1H3,(H,18,21). The van der Waals surface area contributed by atoms with E-state index in [2.05, 4.69) is 4.98 Å². The van der Waals surface area contributed by atoms with Crippen molar-refractivity contribution < 1.29 is 9.53 Å². The molecule has 5 nitrogen and oxygen atoms in total. The fourth-order valence-corrected chi connectivity index (χ4v) is 2.41. The molecular weight excluding hydrogens is 280 g/mol. The van der Waals surface area contributed by atoms with Crippen LogP contribution in [0, 0.1) is 0 Å². The van der Waals surface area contributed by atoms with Crippen LogP contribution in [0.3, 0.4) is 0 Å². The highest BCUT2D eigenvalue weighted by Crippen LogP contribution is 2.12. The maximum absolute atomic E-state index is 12.0. The number of aromatic nitrogens is 2. The highest BCUT2D eigenvalue weighted by Gasteiger charge is 2.08. The molecular formula is C17H16N2O3. The molecule has 112 valence electrons. The molecule has 1 aromatic heterocycles. The lowest BCUT2D eigenvalue weighted by molar-refractivity contribution is 0.0526. The van der Waals surface area contributed by atoms with Crippen LogP contribution in [0.5, 0.6) is 0 Å². The zero-order chi connectivity index (χ0) is 15.5.